The van der Waals surface area contributed by atoms with Crippen molar-refractivity contribution in [2.45, 2.75) is 32.2 Å². The minimum absolute atomic E-state index is 0.161. The van der Waals surface area contributed by atoms with E-state index in [9.17, 15) is 9.59 Å². The highest BCUT2D eigenvalue weighted by Crippen LogP contribution is 2.21. The molecule has 0 aromatic carbocycles. The summed E-state index contributed by atoms with van der Waals surface area (Å²) in [5, 5.41) is 6.37. The van der Waals surface area contributed by atoms with Gasteiger partial charge in [0.25, 0.3) is 5.91 Å². The van der Waals surface area contributed by atoms with Crippen LogP contribution in [0.2, 0.25) is 5.02 Å². The quantitative estimate of drug-likeness (QED) is 0.624. The Morgan fingerprint density at radius 2 is 2.24 bits per heavy atom. The Kier molecular flexibility index (Phi) is 4.67. The van der Waals surface area contributed by atoms with Crippen molar-refractivity contribution in [3.8, 4) is 0 Å². The Morgan fingerprint density at radius 1 is 1.48 bits per heavy atom. The van der Waals surface area contributed by atoms with Crippen LogP contribution in [0.3, 0.4) is 0 Å². The maximum absolute atomic E-state index is 12.2. The summed E-state index contributed by atoms with van der Waals surface area (Å²) in [6.45, 7) is 4.58. The van der Waals surface area contributed by atoms with Gasteiger partial charge >= 0.3 is 6.03 Å². The van der Waals surface area contributed by atoms with Gasteiger partial charge in [-0.05, 0) is 31.9 Å². The van der Waals surface area contributed by atoms with Gasteiger partial charge in [0.1, 0.15) is 11.4 Å². The number of rotatable bonds is 6. The Balaban J connectivity index is 1.83. The third-order valence-electron chi connectivity index (χ3n) is 3.66. The largest absolute Gasteiger partial charge is 0.369 e. The fourth-order valence-corrected chi connectivity index (χ4v) is 2.34. The van der Waals surface area contributed by atoms with Gasteiger partial charge in [-0.15, -0.1) is 0 Å². The predicted octanol–water partition coefficient (Wildman–Crippen LogP) is 2.26. The molecule has 0 radical (unpaired) electrons. The van der Waals surface area contributed by atoms with E-state index in [1.54, 1.807) is 25.3 Å². The van der Waals surface area contributed by atoms with Gasteiger partial charge in [-0.1, -0.05) is 18.5 Å². The molecule has 1 aliphatic rings. The van der Waals surface area contributed by atoms with Crippen molar-refractivity contribution in [1.29, 1.82) is 0 Å². The summed E-state index contributed by atoms with van der Waals surface area (Å²) >= 11 is 5.98. The normalized spacial score (nSPS) is 21.6. The highest BCUT2D eigenvalue weighted by molar-refractivity contribution is 6.32. The number of hydrogen-bond acceptors (Lipinski definition) is 4. The highest BCUT2D eigenvalue weighted by Gasteiger charge is 2.45. The Hall–Kier alpha value is -1.82. The summed E-state index contributed by atoms with van der Waals surface area (Å²) in [4.78, 5) is 29.4. The molecule has 0 unspecified atom stereocenters. The summed E-state index contributed by atoms with van der Waals surface area (Å²) in [6.07, 6.45) is 2.86. The summed E-state index contributed by atoms with van der Waals surface area (Å²) < 4.78 is 0. The van der Waals surface area contributed by atoms with Gasteiger partial charge in [-0.3, -0.25) is 9.69 Å². The minimum Gasteiger partial charge on any atom is -0.369 e. The maximum atomic E-state index is 12.2. The first-order valence-electron chi connectivity index (χ1n) is 6.96. The Bertz CT molecular complexity index is 552. The van der Waals surface area contributed by atoms with E-state index in [1.807, 2.05) is 6.92 Å². The second kappa shape index (κ2) is 6.30. The molecular weight excluding hydrogens is 292 g/mol. The molecule has 1 saturated heterocycles. The molecule has 7 heteroatoms. The molecule has 1 aliphatic heterocycles. The molecule has 0 spiro atoms. The summed E-state index contributed by atoms with van der Waals surface area (Å²) in [5.74, 6) is 0.445. The van der Waals surface area contributed by atoms with Gasteiger partial charge in [0, 0.05) is 19.3 Å². The minimum atomic E-state index is -0.769. The number of carbonyl (C=O) groups is 2. The predicted molar refractivity (Wildman–Crippen MR) is 81.3 cm³/mol. The van der Waals surface area contributed by atoms with E-state index in [-0.39, 0.29) is 11.9 Å². The maximum Gasteiger partial charge on any atom is 0.325 e. The molecule has 0 bridgehead atoms. The average molecular weight is 311 g/mol. The molecule has 2 N–H and O–H groups in total. The first-order valence-corrected chi connectivity index (χ1v) is 7.34. The lowest BCUT2D eigenvalue weighted by Gasteiger charge is -2.19. The van der Waals surface area contributed by atoms with Crippen LogP contribution >= 0.6 is 11.6 Å². The Morgan fingerprint density at radius 3 is 2.86 bits per heavy atom. The van der Waals surface area contributed by atoms with Crippen molar-refractivity contribution in [2.75, 3.05) is 18.4 Å². The molecule has 1 aromatic rings. The molecule has 1 atom stereocenters. The summed E-state index contributed by atoms with van der Waals surface area (Å²) in [5.41, 5.74) is -0.769. The number of anilines is 1. The lowest BCUT2D eigenvalue weighted by molar-refractivity contribution is -0.130. The van der Waals surface area contributed by atoms with Crippen LogP contribution in [-0.2, 0) is 4.79 Å². The molecule has 2 heterocycles. The van der Waals surface area contributed by atoms with E-state index >= 15 is 0 Å². The number of carbonyl (C=O) groups excluding carboxylic acids is 2. The molecule has 3 amide bonds. The van der Waals surface area contributed by atoms with Crippen LogP contribution in [0, 0.1) is 0 Å². The van der Waals surface area contributed by atoms with Crippen molar-refractivity contribution in [1.82, 2.24) is 15.2 Å². The SMILES string of the molecule is CC[C@]1(C)NC(=O)N(CCCNc2ncccc2Cl)C1=O. The molecular formula is C14H19ClN4O2. The second-order valence-corrected chi connectivity index (χ2v) is 5.59. The van der Waals surface area contributed by atoms with Crippen LogP contribution in [0.4, 0.5) is 10.6 Å². The number of urea groups is 1. The molecule has 114 valence electrons. The van der Waals surface area contributed by atoms with Crippen LogP contribution in [0.25, 0.3) is 0 Å². The van der Waals surface area contributed by atoms with Crippen LogP contribution in [0.5, 0.6) is 0 Å². The van der Waals surface area contributed by atoms with Crippen LogP contribution in [-0.4, -0.2) is 40.5 Å². The highest BCUT2D eigenvalue weighted by atomic mass is 35.5. The van der Waals surface area contributed by atoms with Gasteiger partial charge < -0.3 is 10.6 Å². The van der Waals surface area contributed by atoms with Gasteiger partial charge in [0.15, 0.2) is 0 Å². The van der Waals surface area contributed by atoms with Gasteiger partial charge in [-0.25, -0.2) is 9.78 Å². The molecule has 6 nitrogen and oxygen atoms in total. The molecule has 21 heavy (non-hydrogen) atoms. The zero-order chi connectivity index (χ0) is 15.5. The number of aromatic nitrogens is 1. The first-order chi connectivity index (χ1) is 9.98. The van der Waals surface area contributed by atoms with E-state index in [2.05, 4.69) is 15.6 Å². The lowest BCUT2D eigenvalue weighted by atomic mass is 9.99. The zero-order valence-corrected chi connectivity index (χ0v) is 12.9. The van der Waals surface area contributed by atoms with Crippen molar-refractivity contribution in [3.05, 3.63) is 23.4 Å². The van der Waals surface area contributed by atoms with Gasteiger partial charge in [-0.2, -0.15) is 0 Å². The van der Waals surface area contributed by atoms with Crippen LogP contribution in [0.15, 0.2) is 18.3 Å². The number of pyridine rings is 1. The number of amides is 3. The monoisotopic (exact) mass is 310 g/mol. The third kappa shape index (κ3) is 3.26. The van der Waals surface area contributed by atoms with E-state index in [1.165, 1.54) is 4.90 Å². The van der Waals surface area contributed by atoms with Crippen molar-refractivity contribution < 1.29 is 9.59 Å². The van der Waals surface area contributed by atoms with Crippen LogP contribution < -0.4 is 10.6 Å². The molecule has 1 aromatic heterocycles. The molecule has 1 fully saturated rings. The van der Waals surface area contributed by atoms with E-state index in [4.69, 9.17) is 11.6 Å². The number of nitrogens with zero attached hydrogens (tertiary/aromatic N) is 2. The smallest absolute Gasteiger partial charge is 0.325 e. The van der Waals surface area contributed by atoms with Crippen LogP contribution in [0.1, 0.15) is 26.7 Å². The number of hydrogen-bond donors (Lipinski definition) is 2. The van der Waals surface area contributed by atoms with Gasteiger partial charge in [0.2, 0.25) is 0 Å². The number of nitrogens with one attached hydrogen (secondary N) is 2. The van der Waals surface area contributed by atoms with Crippen molar-refractivity contribution in [2.24, 2.45) is 0 Å². The fourth-order valence-electron chi connectivity index (χ4n) is 2.15. The summed E-state index contributed by atoms with van der Waals surface area (Å²) in [6, 6.07) is 3.19. The molecule has 0 saturated carbocycles. The lowest BCUT2D eigenvalue weighted by Crippen LogP contribution is -2.43. The first kappa shape index (κ1) is 15.6. The summed E-state index contributed by atoms with van der Waals surface area (Å²) in [7, 11) is 0. The van der Waals surface area contributed by atoms with E-state index in [0.717, 1.165) is 0 Å². The molecule has 2 rings (SSSR count). The average Bonchev–Trinajstić information content (AvgIpc) is 2.68. The topological polar surface area (TPSA) is 74.3 Å². The fraction of sp³-hybridized carbons (Fsp3) is 0.500. The zero-order valence-electron chi connectivity index (χ0n) is 12.1. The number of halogens is 1. The van der Waals surface area contributed by atoms with Crippen molar-refractivity contribution in [3.63, 3.8) is 0 Å². The van der Waals surface area contributed by atoms with Crippen molar-refractivity contribution >= 4 is 29.4 Å². The van der Waals surface area contributed by atoms with E-state index < -0.39 is 5.54 Å². The number of imide groups is 1. The Labute approximate surface area is 128 Å². The second-order valence-electron chi connectivity index (χ2n) is 5.19. The van der Waals surface area contributed by atoms with E-state index in [0.29, 0.717) is 36.8 Å². The third-order valence-corrected chi connectivity index (χ3v) is 3.97. The van der Waals surface area contributed by atoms with Gasteiger partial charge in [0.05, 0.1) is 5.02 Å². The standard InChI is InChI=1S/C14H19ClN4O2/c1-3-14(2)12(20)19(13(21)18-14)9-5-8-17-11-10(15)6-4-7-16-11/h4,6-7H,3,5,8-9H2,1-2H3,(H,16,17)(H,18,21)/t14-/m0/s1. The molecule has 0 aliphatic carbocycles.